The van der Waals surface area contributed by atoms with E-state index in [1.165, 1.54) is 0 Å². The van der Waals surface area contributed by atoms with Gasteiger partial charge >= 0.3 is 0 Å². The third-order valence-corrected chi connectivity index (χ3v) is 2.31. The first-order valence-electron chi connectivity index (χ1n) is 5.05. The molecule has 84 valence electrons. The highest BCUT2D eigenvalue weighted by Crippen LogP contribution is 2.22. The standard InChI is InChI=1S/C11H18N2O2/c1-8(2)9(7-14)13-11-10(15-3)5-4-6-12-11/h4-6,8-9,14H,7H2,1-3H3,(H,12,13). The smallest absolute Gasteiger partial charge is 0.169 e. The molecule has 0 aromatic carbocycles. The van der Waals surface area contributed by atoms with Crippen LogP contribution in [0.5, 0.6) is 5.75 Å². The van der Waals surface area contributed by atoms with Gasteiger partial charge in [-0.3, -0.25) is 0 Å². The number of rotatable bonds is 5. The molecule has 1 rings (SSSR count). The summed E-state index contributed by atoms with van der Waals surface area (Å²) >= 11 is 0. The molecular formula is C11H18N2O2. The third-order valence-electron chi connectivity index (χ3n) is 2.31. The van der Waals surface area contributed by atoms with Gasteiger partial charge in [0.25, 0.3) is 0 Å². The number of pyridine rings is 1. The van der Waals surface area contributed by atoms with E-state index in [0.29, 0.717) is 17.5 Å². The van der Waals surface area contributed by atoms with Gasteiger partial charge in [-0.25, -0.2) is 4.98 Å². The van der Waals surface area contributed by atoms with Gasteiger partial charge in [-0.05, 0) is 18.1 Å². The first-order chi connectivity index (χ1) is 7.19. The van der Waals surface area contributed by atoms with Crippen LogP contribution in [-0.2, 0) is 0 Å². The SMILES string of the molecule is COc1cccnc1NC(CO)C(C)C. The van der Waals surface area contributed by atoms with Crippen LogP contribution in [0.3, 0.4) is 0 Å². The Hall–Kier alpha value is -1.29. The first kappa shape index (κ1) is 11.8. The summed E-state index contributed by atoms with van der Waals surface area (Å²) < 4.78 is 5.16. The van der Waals surface area contributed by atoms with E-state index in [-0.39, 0.29) is 12.6 Å². The summed E-state index contributed by atoms with van der Waals surface area (Å²) in [5, 5.41) is 12.4. The number of anilines is 1. The third kappa shape index (κ3) is 3.09. The predicted molar refractivity (Wildman–Crippen MR) is 60.1 cm³/mol. The lowest BCUT2D eigenvalue weighted by Gasteiger charge is -2.21. The molecule has 0 bridgehead atoms. The topological polar surface area (TPSA) is 54.4 Å². The summed E-state index contributed by atoms with van der Waals surface area (Å²) in [6.07, 6.45) is 1.69. The number of nitrogens with zero attached hydrogens (tertiary/aromatic N) is 1. The van der Waals surface area contributed by atoms with Crippen molar-refractivity contribution >= 4 is 5.82 Å². The van der Waals surface area contributed by atoms with Crippen LogP contribution in [0.4, 0.5) is 5.82 Å². The van der Waals surface area contributed by atoms with Crippen molar-refractivity contribution in [3.63, 3.8) is 0 Å². The van der Waals surface area contributed by atoms with Gasteiger partial charge in [-0.2, -0.15) is 0 Å². The van der Waals surface area contributed by atoms with E-state index in [1.54, 1.807) is 13.3 Å². The monoisotopic (exact) mass is 210 g/mol. The first-order valence-corrected chi connectivity index (χ1v) is 5.05. The number of aliphatic hydroxyl groups is 1. The highest BCUT2D eigenvalue weighted by molar-refractivity contribution is 5.50. The van der Waals surface area contributed by atoms with E-state index in [2.05, 4.69) is 10.3 Å². The van der Waals surface area contributed by atoms with Crippen molar-refractivity contribution in [2.45, 2.75) is 19.9 Å². The van der Waals surface area contributed by atoms with Crippen LogP contribution in [0.2, 0.25) is 0 Å². The Labute approximate surface area is 90.3 Å². The van der Waals surface area contributed by atoms with Gasteiger partial charge in [0.15, 0.2) is 11.6 Å². The normalized spacial score (nSPS) is 12.6. The van der Waals surface area contributed by atoms with Crippen molar-refractivity contribution < 1.29 is 9.84 Å². The second kappa shape index (κ2) is 5.56. The maximum Gasteiger partial charge on any atom is 0.169 e. The fourth-order valence-electron chi connectivity index (χ4n) is 1.26. The summed E-state index contributed by atoms with van der Waals surface area (Å²) in [5.74, 6) is 1.70. The minimum atomic E-state index is -0.00574. The van der Waals surface area contributed by atoms with Crippen LogP contribution < -0.4 is 10.1 Å². The number of nitrogens with one attached hydrogen (secondary N) is 1. The van der Waals surface area contributed by atoms with E-state index in [1.807, 2.05) is 26.0 Å². The van der Waals surface area contributed by atoms with Crippen LogP contribution >= 0.6 is 0 Å². The summed E-state index contributed by atoms with van der Waals surface area (Å²) in [5.41, 5.74) is 0. The van der Waals surface area contributed by atoms with Gasteiger partial charge < -0.3 is 15.2 Å². The molecule has 4 heteroatoms. The average molecular weight is 210 g/mol. The van der Waals surface area contributed by atoms with Crippen molar-refractivity contribution in [3.05, 3.63) is 18.3 Å². The Balaban J connectivity index is 2.78. The molecule has 1 heterocycles. The average Bonchev–Trinajstić information content (AvgIpc) is 2.25. The molecule has 1 unspecified atom stereocenters. The van der Waals surface area contributed by atoms with E-state index in [9.17, 15) is 5.11 Å². The molecule has 15 heavy (non-hydrogen) atoms. The van der Waals surface area contributed by atoms with Crippen LogP contribution in [0.25, 0.3) is 0 Å². The Kier molecular flexibility index (Phi) is 4.37. The van der Waals surface area contributed by atoms with Crippen molar-refractivity contribution in [2.24, 2.45) is 5.92 Å². The molecule has 0 aliphatic carbocycles. The molecular weight excluding hydrogens is 192 g/mol. The fraction of sp³-hybridized carbons (Fsp3) is 0.545. The minimum Gasteiger partial charge on any atom is -0.493 e. The van der Waals surface area contributed by atoms with Crippen molar-refractivity contribution in [2.75, 3.05) is 19.0 Å². The van der Waals surface area contributed by atoms with Crippen LogP contribution in [0.1, 0.15) is 13.8 Å². The molecule has 0 aliphatic heterocycles. The summed E-state index contributed by atoms with van der Waals surface area (Å²) in [4.78, 5) is 4.17. The minimum absolute atomic E-state index is 0.00574. The fourth-order valence-corrected chi connectivity index (χ4v) is 1.26. The molecule has 0 fully saturated rings. The van der Waals surface area contributed by atoms with Gasteiger partial charge in [0, 0.05) is 6.20 Å². The summed E-state index contributed by atoms with van der Waals surface area (Å²) in [6.45, 7) is 4.17. The Morgan fingerprint density at radius 2 is 2.27 bits per heavy atom. The molecule has 0 saturated heterocycles. The maximum absolute atomic E-state index is 9.19. The number of aromatic nitrogens is 1. The van der Waals surface area contributed by atoms with E-state index in [0.717, 1.165) is 0 Å². The predicted octanol–water partition coefficient (Wildman–Crippen LogP) is 1.52. The lowest BCUT2D eigenvalue weighted by Crippen LogP contribution is -2.30. The molecule has 1 aromatic rings. The molecule has 0 spiro atoms. The number of ether oxygens (including phenoxy) is 1. The van der Waals surface area contributed by atoms with Gasteiger partial charge in [0.1, 0.15) is 0 Å². The van der Waals surface area contributed by atoms with Crippen molar-refractivity contribution in [3.8, 4) is 5.75 Å². The largest absolute Gasteiger partial charge is 0.493 e. The Bertz CT molecular complexity index is 302. The van der Waals surface area contributed by atoms with Crippen LogP contribution in [0, 0.1) is 5.92 Å². The molecule has 2 N–H and O–H groups in total. The second-order valence-electron chi connectivity index (χ2n) is 3.73. The molecule has 4 nitrogen and oxygen atoms in total. The number of hydrogen-bond donors (Lipinski definition) is 2. The number of methoxy groups -OCH3 is 1. The van der Waals surface area contributed by atoms with Gasteiger partial charge in [0.2, 0.25) is 0 Å². The highest BCUT2D eigenvalue weighted by Gasteiger charge is 2.14. The molecule has 0 saturated carbocycles. The molecule has 0 amide bonds. The van der Waals surface area contributed by atoms with Crippen molar-refractivity contribution in [1.82, 2.24) is 4.98 Å². The van der Waals surface area contributed by atoms with E-state index >= 15 is 0 Å². The van der Waals surface area contributed by atoms with Crippen LogP contribution in [0.15, 0.2) is 18.3 Å². The zero-order chi connectivity index (χ0) is 11.3. The highest BCUT2D eigenvalue weighted by atomic mass is 16.5. The number of hydrogen-bond acceptors (Lipinski definition) is 4. The molecule has 1 aromatic heterocycles. The Morgan fingerprint density at radius 1 is 1.53 bits per heavy atom. The van der Waals surface area contributed by atoms with Crippen molar-refractivity contribution in [1.29, 1.82) is 0 Å². The van der Waals surface area contributed by atoms with Gasteiger partial charge in [-0.15, -0.1) is 0 Å². The van der Waals surface area contributed by atoms with Gasteiger partial charge in [0.05, 0.1) is 19.8 Å². The molecule has 1 atom stereocenters. The summed E-state index contributed by atoms with van der Waals surface area (Å²) in [6, 6.07) is 3.64. The molecule has 0 radical (unpaired) electrons. The number of aliphatic hydroxyl groups excluding tert-OH is 1. The maximum atomic E-state index is 9.19. The lowest BCUT2D eigenvalue weighted by atomic mass is 10.1. The van der Waals surface area contributed by atoms with E-state index < -0.39 is 0 Å². The quantitative estimate of drug-likeness (QED) is 0.773. The second-order valence-corrected chi connectivity index (χ2v) is 3.73. The Morgan fingerprint density at radius 3 is 2.80 bits per heavy atom. The van der Waals surface area contributed by atoms with Crippen LogP contribution in [-0.4, -0.2) is 29.8 Å². The molecule has 0 aliphatic rings. The summed E-state index contributed by atoms with van der Waals surface area (Å²) in [7, 11) is 1.60. The van der Waals surface area contributed by atoms with Gasteiger partial charge in [-0.1, -0.05) is 13.8 Å². The lowest BCUT2D eigenvalue weighted by molar-refractivity contribution is 0.248. The zero-order valence-corrected chi connectivity index (χ0v) is 9.40. The zero-order valence-electron chi connectivity index (χ0n) is 9.40. The van der Waals surface area contributed by atoms with E-state index in [4.69, 9.17) is 4.74 Å².